The number of aryl methyl sites for hydroxylation is 1. The normalized spacial score (nSPS) is 13.4. The third-order valence-corrected chi connectivity index (χ3v) is 4.17. The third-order valence-electron chi connectivity index (χ3n) is 4.17. The van der Waals surface area contributed by atoms with Gasteiger partial charge in [-0.3, -0.25) is 14.7 Å². The summed E-state index contributed by atoms with van der Waals surface area (Å²) in [6.07, 6.45) is 7.39. The Labute approximate surface area is 144 Å². The van der Waals surface area contributed by atoms with Gasteiger partial charge in [0.1, 0.15) is 11.4 Å². The van der Waals surface area contributed by atoms with Gasteiger partial charge in [0, 0.05) is 37.2 Å². The number of imidazole rings is 1. The number of aromatic nitrogens is 4. The van der Waals surface area contributed by atoms with Crippen LogP contribution < -0.4 is 9.64 Å². The average molecular weight is 335 g/mol. The van der Waals surface area contributed by atoms with E-state index in [1.54, 1.807) is 18.2 Å². The van der Waals surface area contributed by atoms with E-state index in [-0.39, 0.29) is 5.91 Å². The lowest BCUT2D eigenvalue weighted by Crippen LogP contribution is -2.38. The fourth-order valence-corrected chi connectivity index (χ4v) is 2.95. The van der Waals surface area contributed by atoms with Crippen LogP contribution >= 0.6 is 0 Å². The monoisotopic (exact) mass is 335 g/mol. The standard InChI is InChI=1S/C18H17N5O2/c1-25-14-5-2-4-13(10-14)16-12-22-8-3-9-23(18(22)21-16)17(24)15-11-19-6-7-20-15/h2,4-7,10-12H,3,8-9H2,1H3. The number of ether oxygens (including phenoxy) is 1. The maximum atomic E-state index is 12.8. The molecule has 7 nitrogen and oxygen atoms in total. The fourth-order valence-electron chi connectivity index (χ4n) is 2.95. The minimum atomic E-state index is -0.183. The van der Waals surface area contributed by atoms with Gasteiger partial charge in [-0.2, -0.15) is 0 Å². The quantitative estimate of drug-likeness (QED) is 0.735. The van der Waals surface area contributed by atoms with Gasteiger partial charge in [0.2, 0.25) is 5.95 Å². The molecule has 0 N–H and O–H groups in total. The van der Waals surface area contributed by atoms with Crippen LogP contribution in [0.4, 0.5) is 5.95 Å². The van der Waals surface area contributed by atoms with Gasteiger partial charge in [0.25, 0.3) is 5.91 Å². The highest BCUT2D eigenvalue weighted by atomic mass is 16.5. The second-order valence-corrected chi connectivity index (χ2v) is 5.75. The molecule has 0 bridgehead atoms. The highest BCUT2D eigenvalue weighted by Crippen LogP contribution is 2.28. The zero-order valence-electron chi connectivity index (χ0n) is 13.8. The van der Waals surface area contributed by atoms with Crippen LogP contribution in [-0.2, 0) is 6.54 Å². The number of fused-ring (bicyclic) bond motifs is 1. The summed E-state index contributed by atoms with van der Waals surface area (Å²) in [7, 11) is 1.64. The first-order chi connectivity index (χ1) is 12.3. The molecular formula is C18H17N5O2. The van der Waals surface area contributed by atoms with E-state index in [1.807, 2.05) is 35.0 Å². The van der Waals surface area contributed by atoms with Gasteiger partial charge >= 0.3 is 0 Å². The summed E-state index contributed by atoms with van der Waals surface area (Å²) in [4.78, 5) is 27.2. The van der Waals surface area contributed by atoms with Gasteiger partial charge in [-0.05, 0) is 18.6 Å². The summed E-state index contributed by atoms with van der Waals surface area (Å²) in [5.74, 6) is 1.23. The van der Waals surface area contributed by atoms with E-state index < -0.39 is 0 Å². The van der Waals surface area contributed by atoms with Crippen molar-refractivity contribution in [3.63, 3.8) is 0 Å². The lowest BCUT2D eigenvalue weighted by Gasteiger charge is -2.26. The first-order valence-electron chi connectivity index (χ1n) is 8.06. The molecule has 0 saturated heterocycles. The van der Waals surface area contributed by atoms with Crippen LogP contribution in [0.1, 0.15) is 16.9 Å². The number of methoxy groups -OCH3 is 1. The van der Waals surface area contributed by atoms with Crippen LogP contribution in [0, 0.1) is 0 Å². The van der Waals surface area contributed by atoms with Crippen LogP contribution in [0.25, 0.3) is 11.3 Å². The zero-order valence-corrected chi connectivity index (χ0v) is 13.8. The van der Waals surface area contributed by atoms with Crippen molar-refractivity contribution in [1.82, 2.24) is 19.5 Å². The van der Waals surface area contributed by atoms with Gasteiger partial charge < -0.3 is 9.30 Å². The van der Waals surface area contributed by atoms with E-state index in [2.05, 4.69) is 15.0 Å². The Hall–Kier alpha value is -3.22. The number of amides is 1. The van der Waals surface area contributed by atoms with E-state index in [4.69, 9.17) is 4.74 Å². The van der Waals surface area contributed by atoms with Crippen molar-refractivity contribution >= 4 is 11.9 Å². The summed E-state index contributed by atoms with van der Waals surface area (Å²) in [5.41, 5.74) is 2.09. The van der Waals surface area contributed by atoms with Crippen molar-refractivity contribution < 1.29 is 9.53 Å². The van der Waals surface area contributed by atoms with Crippen LogP contribution in [0.15, 0.2) is 49.1 Å². The third kappa shape index (κ3) is 2.84. The Morgan fingerprint density at radius 1 is 1.24 bits per heavy atom. The summed E-state index contributed by atoms with van der Waals surface area (Å²) in [6, 6.07) is 7.73. The average Bonchev–Trinajstić information content (AvgIpc) is 3.12. The number of hydrogen-bond acceptors (Lipinski definition) is 5. The molecule has 2 aromatic heterocycles. The molecule has 4 rings (SSSR count). The second-order valence-electron chi connectivity index (χ2n) is 5.75. The molecule has 126 valence electrons. The van der Waals surface area contributed by atoms with E-state index in [9.17, 15) is 4.79 Å². The summed E-state index contributed by atoms with van der Waals surface area (Å²) < 4.78 is 7.29. The molecule has 1 aliphatic rings. The highest BCUT2D eigenvalue weighted by Gasteiger charge is 2.27. The fraction of sp³-hybridized carbons (Fsp3) is 0.222. The molecule has 0 spiro atoms. The Kier molecular flexibility index (Phi) is 3.89. The Morgan fingerprint density at radius 2 is 2.16 bits per heavy atom. The molecule has 1 amide bonds. The van der Waals surface area contributed by atoms with Gasteiger partial charge in [-0.1, -0.05) is 12.1 Å². The Balaban J connectivity index is 1.70. The van der Waals surface area contributed by atoms with Crippen LogP contribution in [0.3, 0.4) is 0 Å². The largest absolute Gasteiger partial charge is 0.497 e. The van der Waals surface area contributed by atoms with E-state index in [1.165, 1.54) is 12.4 Å². The number of hydrogen-bond donors (Lipinski definition) is 0. The van der Waals surface area contributed by atoms with Crippen molar-refractivity contribution in [2.75, 3.05) is 18.6 Å². The smallest absolute Gasteiger partial charge is 0.280 e. The van der Waals surface area contributed by atoms with Gasteiger partial charge in [0.05, 0.1) is 19.0 Å². The molecule has 7 heteroatoms. The molecule has 0 unspecified atom stereocenters. The molecule has 3 aromatic rings. The Morgan fingerprint density at radius 3 is 2.96 bits per heavy atom. The molecule has 3 heterocycles. The van der Waals surface area contributed by atoms with Crippen molar-refractivity contribution in [2.45, 2.75) is 13.0 Å². The summed E-state index contributed by atoms with van der Waals surface area (Å²) >= 11 is 0. The minimum Gasteiger partial charge on any atom is -0.497 e. The van der Waals surface area contributed by atoms with Gasteiger partial charge in [-0.15, -0.1) is 0 Å². The van der Waals surface area contributed by atoms with Crippen molar-refractivity contribution in [1.29, 1.82) is 0 Å². The minimum absolute atomic E-state index is 0.183. The van der Waals surface area contributed by atoms with Crippen LogP contribution in [0.2, 0.25) is 0 Å². The van der Waals surface area contributed by atoms with Gasteiger partial charge in [-0.25, -0.2) is 9.97 Å². The van der Waals surface area contributed by atoms with E-state index in [0.717, 1.165) is 30.0 Å². The number of benzene rings is 1. The molecule has 0 atom stereocenters. The van der Waals surface area contributed by atoms with Crippen molar-refractivity contribution in [3.05, 3.63) is 54.7 Å². The molecule has 25 heavy (non-hydrogen) atoms. The number of rotatable bonds is 3. The molecule has 1 aliphatic heterocycles. The number of nitrogens with zero attached hydrogens (tertiary/aromatic N) is 5. The summed E-state index contributed by atoms with van der Waals surface area (Å²) in [6.45, 7) is 1.44. The van der Waals surface area contributed by atoms with E-state index >= 15 is 0 Å². The zero-order chi connectivity index (χ0) is 17.2. The first-order valence-corrected chi connectivity index (χ1v) is 8.06. The molecule has 0 radical (unpaired) electrons. The lowest BCUT2D eigenvalue weighted by molar-refractivity contribution is 0.0976. The lowest BCUT2D eigenvalue weighted by atomic mass is 10.1. The molecule has 0 aliphatic carbocycles. The van der Waals surface area contributed by atoms with Crippen LogP contribution in [-0.4, -0.2) is 39.1 Å². The molecule has 1 aromatic carbocycles. The summed E-state index contributed by atoms with van der Waals surface area (Å²) in [5, 5.41) is 0. The maximum absolute atomic E-state index is 12.8. The highest BCUT2D eigenvalue weighted by molar-refractivity contribution is 6.03. The molecule has 0 fully saturated rings. The number of carbonyl (C=O) groups is 1. The SMILES string of the molecule is COc1cccc(-c2cn3c(n2)N(C(=O)c2cnccn2)CCC3)c1. The number of anilines is 1. The number of carbonyl (C=O) groups excluding carboxylic acids is 1. The van der Waals surface area contributed by atoms with Crippen LogP contribution in [0.5, 0.6) is 5.75 Å². The molecule has 0 saturated carbocycles. The second kappa shape index (κ2) is 6.35. The van der Waals surface area contributed by atoms with Gasteiger partial charge in [0.15, 0.2) is 0 Å². The first kappa shape index (κ1) is 15.3. The predicted molar refractivity (Wildman–Crippen MR) is 92.5 cm³/mol. The topological polar surface area (TPSA) is 73.1 Å². The predicted octanol–water partition coefficient (Wildman–Crippen LogP) is 2.40. The van der Waals surface area contributed by atoms with Crippen molar-refractivity contribution in [3.8, 4) is 17.0 Å². The molecular weight excluding hydrogens is 318 g/mol. The van der Waals surface area contributed by atoms with Crippen molar-refractivity contribution in [2.24, 2.45) is 0 Å². The van der Waals surface area contributed by atoms with E-state index in [0.29, 0.717) is 18.2 Å². The maximum Gasteiger partial charge on any atom is 0.280 e. The Bertz CT molecular complexity index is 907.